The number of benzene rings is 2. The highest BCUT2D eigenvalue weighted by atomic mass is 16.2. The van der Waals surface area contributed by atoms with Crippen LogP contribution in [-0.4, -0.2) is 11.7 Å². The zero-order valence-electron chi connectivity index (χ0n) is 17.5. The zero-order valence-corrected chi connectivity index (χ0v) is 17.5. The lowest BCUT2D eigenvalue weighted by Gasteiger charge is -2.37. The van der Waals surface area contributed by atoms with Gasteiger partial charge in [-0.15, -0.1) is 0 Å². The van der Waals surface area contributed by atoms with E-state index in [4.69, 9.17) is 0 Å². The number of hydrogen-bond donors (Lipinski definition) is 1. The van der Waals surface area contributed by atoms with Crippen LogP contribution in [0.15, 0.2) is 59.8 Å². The molecule has 30 heavy (non-hydrogen) atoms. The number of anilines is 2. The summed E-state index contributed by atoms with van der Waals surface area (Å²) < 4.78 is 0. The molecular weight excluding hydrogens is 374 g/mol. The molecule has 0 saturated heterocycles. The second kappa shape index (κ2) is 7.46. The van der Waals surface area contributed by atoms with Crippen molar-refractivity contribution in [1.82, 2.24) is 0 Å². The number of hydrogen-bond acceptors (Lipinski definition) is 4. The Bertz CT molecular complexity index is 1090. The highest BCUT2D eigenvalue weighted by molar-refractivity contribution is 6.06. The first kappa shape index (κ1) is 19.9. The molecule has 0 bridgehead atoms. The number of para-hydroxylation sites is 2. The topological polar surface area (TPSA) is 73.2 Å². The predicted molar refractivity (Wildman–Crippen MR) is 117 cm³/mol. The van der Waals surface area contributed by atoms with Gasteiger partial charge in [-0.05, 0) is 41.7 Å². The number of carbonyl (C=O) groups excluding carboxylic acids is 2. The predicted octanol–water partition coefficient (Wildman–Crippen LogP) is 5.11. The van der Waals surface area contributed by atoms with E-state index in [1.165, 1.54) is 0 Å². The lowest BCUT2D eigenvalue weighted by Crippen LogP contribution is -2.39. The maximum Gasteiger partial charge on any atom is 0.227 e. The Hall–Kier alpha value is -3.39. The van der Waals surface area contributed by atoms with Gasteiger partial charge >= 0.3 is 0 Å². The van der Waals surface area contributed by atoms with Gasteiger partial charge in [0.15, 0.2) is 5.78 Å². The molecule has 0 fully saturated rings. The van der Waals surface area contributed by atoms with Gasteiger partial charge in [0, 0.05) is 24.1 Å². The fourth-order valence-electron chi connectivity index (χ4n) is 4.49. The minimum absolute atomic E-state index is 0.0509. The van der Waals surface area contributed by atoms with Gasteiger partial charge in [-0.2, -0.15) is 5.26 Å². The SMILES string of the molecule is CCC(=O)N1c2ccccc2NC2=C(C(=O)CC(C)(C)C2)C1c1ccc(C#N)cc1. The quantitative estimate of drug-likeness (QED) is 0.761. The van der Waals surface area contributed by atoms with Crippen LogP contribution >= 0.6 is 0 Å². The molecule has 0 aromatic heterocycles. The molecule has 1 N–H and O–H groups in total. The van der Waals surface area contributed by atoms with Gasteiger partial charge in [-0.25, -0.2) is 0 Å². The molecule has 2 aliphatic rings. The van der Waals surface area contributed by atoms with Crippen LogP contribution in [0.4, 0.5) is 11.4 Å². The van der Waals surface area contributed by atoms with Crippen molar-refractivity contribution < 1.29 is 9.59 Å². The normalized spacial score (nSPS) is 19.9. The lowest BCUT2D eigenvalue weighted by atomic mass is 9.73. The molecule has 1 heterocycles. The van der Waals surface area contributed by atoms with Crippen molar-refractivity contribution in [3.63, 3.8) is 0 Å². The van der Waals surface area contributed by atoms with Crippen LogP contribution in [0.1, 0.15) is 57.2 Å². The Morgan fingerprint density at radius 2 is 1.87 bits per heavy atom. The smallest absolute Gasteiger partial charge is 0.227 e. The summed E-state index contributed by atoms with van der Waals surface area (Å²) in [5.74, 6) is 0.00909. The van der Waals surface area contributed by atoms with Crippen LogP contribution in [0.3, 0.4) is 0 Å². The molecule has 5 heteroatoms. The van der Waals surface area contributed by atoms with E-state index in [-0.39, 0.29) is 17.1 Å². The van der Waals surface area contributed by atoms with Crippen LogP contribution in [0, 0.1) is 16.7 Å². The standard InChI is InChI=1S/C25H25N3O2/c1-4-22(30)28-20-8-6-5-7-18(20)27-19-13-25(2,3)14-21(29)23(19)24(28)17-11-9-16(15-26)10-12-17/h5-12,24,27H,4,13-14H2,1-3H3. The summed E-state index contributed by atoms with van der Waals surface area (Å²) in [6.45, 7) is 6.03. The van der Waals surface area contributed by atoms with E-state index < -0.39 is 6.04 Å². The number of allylic oxidation sites excluding steroid dienone is 1. The summed E-state index contributed by atoms with van der Waals surface area (Å²) >= 11 is 0. The van der Waals surface area contributed by atoms with Crippen molar-refractivity contribution in [2.45, 2.75) is 46.1 Å². The number of carbonyl (C=O) groups is 2. The fourth-order valence-corrected chi connectivity index (χ4v) is 4.49. The number of ketones is 1. The molecule has 0 spiro atoms. The van der Waals surface area contributed by atoms with Gasteiger partial charge in [0.25, 0.3) is 0 Å². The molecule has 0 radical (unpaired) electrons. The first-order chi connectivity index (χ1) is 14.3. The third-order valence-electron chi connectivity index (χ3n) is 5.83. The maximum absolute atomic E-state index is 13.4. The Kier molecular flexibility index (Phi) is 4.95. The summed E-state index contributed by atoms with van der Waals surface area (Å²) in [7, 11) is 0. The molecule has 1 amide bonds. The van der Waals surface area contributed by atoms with Gasteiger partial charge in [-0.3, -0.25) is 14.5 Å². The summed E-state index contributed by atoms with van der Waals surface area (Å²) in [6, 6.07) is 16.5. The van der Waals surface area contributed by atoms with Crippen LogP contribution < -0.4 is 10.2 Å². The maximum atomic E-state index is 13.4. The van der Waals surface area contributed by atoms with Crippen molar-refractivity contribution in [2.24, 2.45) is 5.41 Å². The Morgan fingerprint density at radius 1 is 1.17 bits per heavy atom. The van der Waals surface area contributed by atoms with E-state index in [1.807, 2.05) is 43.3 Å². The molecule has 0 saturated carbocycles. The molecule has 1 unspecified atom stereocenters. The third-order valence-corrected chi connectivity index (χ3v) is 5.83. The molecule has 152 valence electrons. The zero-order chi connectivity index (χ0) is 21.5. The minimum Gasteiger partial charge on any atom is -0.357 e. The number of Topliss-reactive ketones (excluding diaryl/α,β-unsaturated/α-hetero) is 1. The summed E-state index contributed by atoms with van der Waals surface area (Å²) in [5.41, 5.74) is 4.34. The second-order valence-corrected chi connectivity index (χ2v) is 8.73. The van der Waals surface area contributed by atoms with Crippen LogP contribution in [0.25, 0.3) is 0 Å². The Balaban J connectivity index is 2.00. The van der Waals surface area contributed by atoms with E-state index in [2.05, 4.69) is 25.2 Å². The van der Waals surface area contributed by atoms with Crippen LogP contribution in [-0.2, 0) is 9.59 Å². The van der Waals surface area contributed by atoms with Crippen LogP contribution in [0.5, 0.6) is 0 Å². The lowest BCUT2D eigenvalue weighted by molar-refractivity contribution is -0.119. The molecule has 1 aliphatic carbocycles. The highest BCUT2D eigenvalue weighted by Gasteiger charge is 2.42. The number of amides is 1. The van der Waals surface area contributed by atoms with Crippen molar-refractivity contribution >= 4 is 23.1 Å². The number of nitrogens with one attached hydrogen (secondary N) is 1. The van der Waals surface area contributed by atoms with Gasteiger partial charge in [0.2, 0.25) is 5.91 Å². The Labute approximate surface area is 177 Å². The van der Waals surface area contributed by atoms with Crippen molar-refractivity contribution in [3.05, 3.63) is 70.9 Å². The van der Waals surface area contributed by atoms with E-state index in [9.17, 15) is 14.9 Å². The number of nitriles is 1. The third kappa shape index (κ3) is 3.39. The molecule has 2 aromatic carbocycles. The van der Waals surface area contributed by atoms with Crippen molar-refractivity contribution in [3.8, 4) is 6.07 Å². The molecule has 5 nitrogen and oxygen atoms in total. The van der Waals surface area contributed by atoms with Gasteiger partial charge < -0.3 is 5.32 Å². The first-order valence-corrected chi connectivity index (χ1v) is 10.3. The van der Waals surface area contributed by atoms with Gasteiger partial charge in [0.05, 0.1) is 29.0 Å². The number of fused-ring (bicyclic) bond motifs is 1. The van der Waals surface area contributed by atoms with E-state index in [0.29, 0.717) is 24.0 Å². The van der Waals surface area contributed by atoms with E-state index in [1.54, 1.807) is 17.0 Å². The van der Waals surface area contributed by atoms with Crippen molar-refractivity contribution in [2.75, 3.05) is 10.2 Å². The average molecular weight is 399 g/mol. The van der Waals surface area contributed by atoms with Crippen LogP contribution in [0.2, 0.25) is 0 Å². The second-order valence-electron chi connectivity index (χ2n) is 8.73. The first-order valence-electron chi connectivity index (χ1n) is 10.3. The summed E-state index contributed by atoms with van der Waals surface area (Å²) in [5, 5.41) is 12.7. The largest absolute Gasteiger partial charge is 0.357 e. The van der Waals surface area contributed by atoms with Crippen molar-refractivity contribution in [1.29, 1.82) is 5.26 Å². The Morgan fingerprint density at radius 3 is 2.53 bits per heavy atom. The molecular formula is C25H25N3O2. The molecule has 2 aromatic rings. The van der Waals surface area contributed by atoms with Gasteiger partial charge in [0.1, 0.15) is 0 Å². The molecule has 4 rings (SSSR count). The van der Waals surface area contributed by atoms with E-state index >= 15 is 0 Å². The summed E-state index contributed by atoms with van der Waals surface area (Å²) in [4.78, 5) is 28.4. The number of rotatable bonds is 2. The summed E-state index contributed by atoms with van der Waals surface area (Å²) in [6.07, 6.45) is 1.48. The van der Waals surface area contributed by atoms with Gasteiger partial charge in [-0.1, -0.05) is 45.0 Å². The average Bonchev–Trinajstić information content (AvgIpc) is 2.86. The molecule has 1 aliphatic heterocycles. The fraction of sp³-hybridized carbons (Fsp3) is 0.320. The number of nitrogens with zero attached hydrogens (tertiary/aromatic N) is 2. The molecule has 1 atom stereocenters. The highest BCUT2D eigenvalue weighted by Crippen LogP contribution is 2.48. The monoisotopic (exact) mass is 399 g/mol. The van der Waals surface area contributed by atoms with E-state index in [0.717, 1.165) is 29.1 Å². The minimum atomic E-state index is -0.528.